The average Bonchev–Trinajstić information content (AvgIpc) is 2.90. The van der Waals surface area contributed by atoms with E-state index in [4.69, 9.17) is 17.2 Å². The van der Waals surface area contributed by atoms with Gasteiger partial charge in [-0.15, -0.1) is 0 Å². The van der Waals surface area contributed by atoms with Crippen LogP contribution in [0.4, 0.5) is 0 Å². The SMILES string of the molecule is CC[C@H](NC(=O)[C@@H](N)[C@H](C)CC)C(=O)[C@@H](CO)[C@@H](O)C(O)C(N)(O)C(=O)C(c1ccccc1)[C@H](N)C(=O)O. The molecule has 0 spiro atoms. The number of aliphatic hydroxyl groups is 4. The molecule has 0 heterocycles. The Labute approximate surface area is 221 Å². The van der Waals surface area contributed by atoms with Crippen molar-refractivity contribution in [3.63, 3.8) is 0 Å². The van der Waals surface area contributed by atoms with E-state index in [-0.39, 0.29) is 17.9 Å². The number of carbonyl (C=O) groups excluding carboxylic acids is 3. The van der Waals surface area contributed by atoms with Crippen LogP contribution >= 0.6 is 0 Å². The molecule has 0 aliphatic rings. The predicted octanol–water partition coefficient (Wildman–Crippen LogP) is -2.43. The summed E-state index contributed by atoms with van der Waals surface area (Å²) in [6, 6.07) is 3.25. The summed E-state index contributed by atoms with van der Waals surface area (Å²) in [4.78, 5) is 50.4. The van der Waals surface area contributed by atoms with Gasteiger partial charge in [-0.3, -0.25) is 24.9 Å². The lowest BCUT2D eigenvalue weighted by molar-refractivity contribution is -0.172. The van der Waals surface area contributed by atoms with E-state index in [1.807, 2.05) is 6.92 Å². The van der Waals surface area contributed by atoms with Crippen molar-refractivity contribution in [2.75, 3.05) is 6.61 Å². The maximum absolute atomic E-state index is 13.2. The van der Waals surface area contributed by atoms with Gasteiger partial charge in [0.1, 0.15) is 12.1 Å². The van der Waals surface area contributed by atoms with E-state index in [0.29, 0.717) is 6.42 Å². The fraction of sp³-hybridized carbons (Fsp3) is 0.600. The Bertz CT molecular complexity index is 959. The normalized spacial score (nSPS) is 19.5. The van der Waals surface area contributed by atoms with E-state index < -0.39 is 77.9 Å². The first-order valence-corrected chi connectivity index (χ1v) is 12.3. The number of aliphatic carboxylic acids is 1. The van der Waals surface area contributed by atoms with E-state index in [0.717, 1.165) is 0 Å². The van der Waals surface area contributed by atoms with Crippen LogP contribution in [0.5, 0.6) is 0 Å². The van der Waals surface area contributed by atoms with Gasteiger partial charge in [0.25, 0.3) is 0 Å². The number of hydrogen-bond donors (Lipinski definition) is 9. The molecule has 0 saturated heterocycles. The number of carboxylic acid groups (broad SMARTS) is 1. The van der Waals surface area contributed by atoms with Crippen LogP contribution in [-0.4, -0.2) is 91.6 Å². The van der Waals surface area contributed by atoms with Crippen LogP contribution < -0.4 is 22.5 Å². The molecule has 1 aromatic rings. The van der Waals surface area contributed by atoms with Crippen LogP contribution in [0.15, 0.2) is 30.3 Å². The summed E-state index contributed by atoms with van der Waals surface area (Å²) in [6.45, 7) is 4.10. The molecule has 0 aromatic heterocycles. The highest BCUT2D eigenvalue weighted by molar-refractivity contribution is 5.98. The molecule has 1 amide bonds. The zero-order valence-electron chi connectivity index (χ0n) is 21.7. The molecule has 1 aromatic carbocycles. The molecule has 38 heavy (non-hydrogen) atoms. The number of benzene rings is 1. The van der Waals surface area contributed by atoms with E-state index >= 15 is 0 Å². The molecule has 0 fully saturated rings. The number of amides is 1. The van der Waals surface area contributed by atoms with Crippen molar-refractivity contribution in [2.45, 2.75) is 75.6 Å². The molecule has 3 unspecified atom stereocenters. The first kappa shape index (κ1) is 33.2. The minimum atomic E-state index is -3.29. The van der Waals surface area contributed by atoms with E-state index in [9.17, 15) is 44.7 Å². The Morgan fingerprint density at radius 1 is 1.00 bits per heavy atom. The van der Waals surface area contributed by atoms with Gasteiger partial charge in [0.15, 0.2) is 11.6 Å². The van der Waals surface area contributed by atoms with Gasteiger partial charge in [0, 0.05) is 0 Å². The molecule has 0 saturated carbocycles. The zero-order valence-corrected chi connectivity index (χ0v) is 21.7. The van der Waals surface area contributed by atoms with Crippen molar-refractivity contribution in [1.82, 2.24) is 5.32 Å². The Hall–Kier alpha value is -2.78. The first-order valence-electron chi connectivity index (χ1n) is 12.3. The van der Waals surface area contributed by atoms with Crippen LogP contribution in [0, 0.1) is 11.8 Å². The maximum atomic E-state index is 13.2. The van der Waals surface area contributed by atoms with Crippen LogP contribution in [0.1, 0.15) is 45.1 Å². The molecule has 0 radical (unpaired) electrons. The fourth-order valence-corrected chi connectivity index (χ4v) is 3.98. The van der Waals surface area contributed by atoms with Gasteiger partial charge in [-0.2, -0.15) is 0 Å². The lowest BCUT2D eigenvalue weighted by atomic mass is 9.78. The Kier molecular flexibility index (Phi) is 12.6. The minimum Gasteiger partial charge on any atom is -0.480 e. The highest BCUT2D eigenvalue weighted by Crippen LogP contribution is 2.28. The average molecular weight is 541 g/mol. The highest BCUT2D eigenvalue weighted by atomic mass is 16.4. The summed E-state index contributed by atoms with van der Waals surface area (Å²) >= 11 is 0. The van der Waals surface area contributed by atoms with Gasteiger partial charge in [0.05, 0.1) is 36.6 Å². The molecular weight excluding hydrogens is 500 g/mol. The van der Waals surface area contributed by atoms with E-state index in [2.05, 4.69) is 5.32 Å². The smallest absolute Gasteiger partial charge is 0.321 e. The topological polar surface area (TPSA) is 260 Å². The largest absolute Gasteiger partial charge is 0.480 e. The molecular formula is C25H40N4O9. The number of nitrogens with one attached hydrogen (secondary N) is 1. The monoisotopic (exact) mass is 540 g/mol. The van der Waals surface area contributed by atoms with Crippen LogP contribution in [-0.2, 0) is 19.2 Å². The van der Waals surface area contributed by atoms with Gasteiger partial charge in [-0.05, 0) is 17.9 Å². The third-order valence-corrected chi connectivity index (χ3v) is 6.86. The number of nitrogens with two attached hydrogens (primary N) is 3. The van der Waals surface area contributed by atoms with Crippen molar-refractivity contribution >= 4 is 23.4 Å². The Balaban J connectivity index is 3.24. The van der Waals surface area contributed by atoms with Crippen molar-refractivity contribution in [2.24, 2.45) is 29.0 Å². The van der Waals surface area contributed by atoms with Gasteiger partial charge < -0.3 is 42.3 Å². The maximum Gasteiger partial charge on any atom is 0.321 e. The van der Waals surface area contributed by atoms with Gasteiger partial charge in [-0.25, -0.2) is 0 Å². The number of hydrogen-bond acceptors (Lipinski definition) is 11. The third-order valence-electron chi connectivity index (χ3n) is 6.86. The molecule has 214 valence electrons. The summed E-state index contributed by atoms with van der Waals surface area (Å²) in [5, 5.41) is 53.9. The fourth-order valence-electron chi connectivity index (χ4n) is 3.98. The number of ketones is 2. The predicted molar refractivity (Wildman–Crippen MR) is 136 cm³/mol. The number of carboxylic acids is 1. The number of Topliss-reactive ketones (excluding diaryl/α,β-unsaturated/α-hetero) is 2. The number of carbonyl (C=O) groups is 4. The number of aliphatic hydroxyl groups excluding tert-OH is 3. The second-order valence-electron chi connectivity index (χ2n) is 9.45. The molecule has 0 bridgehead atoms. The van der Waals surface area contributed by atoms with Gasteiger partial charge >= 0.3 is 5.97 Å². The van der Waals surface area contributed by atoms with Crippen LogP contribution in [0.2, 0.25) is 0 Å². The zero-order chi connectivity index (χ0) is 29.4. The molecule has 13 heteroatoms. The second-order valence-corrected chi connectivity index (χ2v) is 9.45. The number of rotatable bonds is 16. The molecule has 0 aliphatic heterocycles. The lowest BCUT2D eigenvalue weighted by Gasteiger charge is -2.36. The standard InChI is InChI=1S/C25H40N4O9/c1-4-12(3)17(26)23(35)29-15(5-2)19(31)14(11-30)20(32)22(34)25(28,38)21(33)16(18(27)24(36)37)13-9-7-6-8-10-13/h6-10,12,14-18,20,22,30,32,34,38H,4-5,11,26-28H2,1-3H3,(H,29,35)(H,36,37)/t12-,14-,15+,16?,17+,18+,20-,22?,25?/m1/s1. The van der Waals surface area contributed by atoms with Crippen molar-refractivity contribution < 1.29 is 44.7 Å². The minimum absolute atomic E-state index is 0.0342. The van der Waals surface area contributed by atoms with Crippen molar-refractivity contribution in [3.8, 4) is 0 Å². The summed E-state index contributed by atoms with van der Waals surface area (Å²) in [5.41, 5.74) is 14.1. The molecule has 9 atom stereocenters. The van der Waals surface area contributed by atoms with Crippen molar-refractivity contribution in [1.29, 1.82) is 0 Å². The van der Waals surface area contributed by atoms with E-state index in [1.54, 1.807) is 19.9 Å². The molecule has 0 aliphatic carbocycles. The quantitative estimate of drug-likeness (QED) is 0.0991. The van der Waals surface area contributed by atoms with Crippen molar-refractivity contribution in [3.05, 3.63) is 35.9 Å². The van der Waals surface area contributed by atoms with Crippen LogP contribution in [0.25, 0.3) is 0 Å². The summed E-state index contributed by atoms with van der Waals surface area (Å²) in [7, 11) is 0. The second kappa shape index (κ2) is 14.4. The van der Waals surface area contributed by atoms with Crippen LogP contribution in [0.3, 0.4) is 0 Å². The molecule has 12 N–H and O–H groups in total. The molecule has 1 rings (SSSR count). The Morgan fingerprint density at radius 2 is 1.55 bits per heavy atom. The lowest BCUT2D eigenvalue weighted by Crippen LogP contribution is -2.66. The first-order chi connectivity index (χ1) is 17.7. The van der Waals surface area contributed by atoms with Gasteiger partial charge in [-0.1, -0.05) is 57.5 Å². The summed E-state index contributed by atoms with van der Waals surface area (Å²) in [6.07, 6.45) is -4.22. The van der Waals surface area contributed by atoms with E-state index in [1.165, 1.54) is 24.3 Å². The highest BCUT2D eigenvalue weighted by Gasteiger charge is 2.51. The summed E-state index contributed by atoms with van der Waals surface area (Å²) in [5.74, 6) is -8.30. The van der Waals surface area contributed by atoms with Gasteiger partial charge in [0.2, 0.25) is 11.6 Å². The third kappa shape index (κ3) is 7.63. The summed E-state index contributed by atoms with van der Waals surface area (Å²) < 4.78 is 0. The molecule has 13 nitrogen and oxygen atoms in total. The Morgan fingerprint density at radius 3 is 2.00 bits per heavy atom.